The Morgan fingerprint density at radius 3 is 2.37 bits per heavy atom. The van der Waals surface area contributed by atoms with Crippen LogP contribution in [0, 0.1) is 19.8 Å². The summed E-state index contributed by atoms with van der Waals surface area (Å²) in [5.74, 6) is 0.676. The van der Waals surface area contributed by atoms with E-state index >= 15 is 0 Å². The lowest BCUT2D eigenvalue weighted by Crippen LogP contribution is -2.02. The van der Waals surface area contributed by atoms with Gasteiger partial charge < -0.3 is 5.73 Å². The molecule has 102 valence electrons. The van der Waals surface area contributed by atoms with Gasteiger partial charge in [-0.3, -0.25) is 4.68 Å². The van der Waals surface area contributed by atoms with Crippen molar-refractivity contribution in [2.24, 2.45) is 5.92 Å². The summed E-state index contributed by atoms with van der Waals surface area (Å²) < 4.78 is 1.96. The van der Waals surface area contributed by atoms with Gasteiger partial charge in [0, 0.05) is 18.3 Å². The topological polar surface area (TPSA) is 43.8 Å². The molecule has 2 aromatic rings. The number of aryl methyl sites for hydroxylation is 3. The lowest BCUT2D eigenvalue weighted by atomic mass is 10.0. The Kier molecular flexibility index (Phi) is 3.93. The SMILES string of the molecule is Cc1cc(C)cc(-c2nn(CCC(C)C)cc2N)c1. The first-order valence-electron chi connectivity index (χ1n) is 6.87. The molecule has 3 nitrogen and oxygen atoms in total. The molecule has 0 aliphatic rings. The summed E-state index contributed by atoms with van der Waals surface area (Å²) in [7, 11) is 0. The van der Waals surface area contributed by atoms with Gasteiger partial charge in [0.25, 0.3) is 0 Å². The summed E-state index contributed by atoms with van der Waals surface area (Å²) in [5.41, 5.74) is 11.3. The Balaban J connectivity index is 2.29. The Morgan fingerprint density at radius 2 is 1.79 bits per heavy atom. The van der Waals surface area contributed by atoms with Crippen molar-refractivity contribution in [3.05, 3.63) is 35.5 Å². The smallest absolute Gasteiger partial charge is 0.115 e. The molecule has 1 aromatic heterocycles. The van der Waals surface area contributed by atoms with Crippen LogP contribution >= 0.6 is 0 Å². The van der Waals surface area contributed by atoms with E-state index in [1.165, 1.54) is 11.1 Å². The molecule has 0 bridgehead atoms. The lowest BCUT2D eigenvalue weighted by Gasteiger charge is -2.05. The normalized spacial score (nSPS) is 11.2. The van der Waals surface area contributed by atoms with Crippen LogP contribution in [0.2, 0.25) is 0 Å². The molecule has 0 atom stereocenters. The highest BCUT2D eigenvalue weighted by Gasteiger charge is 2.09. The van der Waals surface area contributed by atoms with Crippen LogP contribution in [0.1, 0.15) is 31.4 Å². The van der Waals surface area contributed by atoms with Crippen molar-refractivity contribution in [1.82, 2.24) is 9.78 Å². The van der Waals surface area contributed by atoms with Crippen molar-refractivity contribution >= 4 is 5.69 Å². The zero-order valence-corrected chi connectivity index (χ0v) is 12.3. The van der Waals surface area contributed by atoms with E-state index < -0.39 is 0 Å². The van der Waals surface area contributed by atoms with Gasteiger partial charge in [-0.2, -0.15) is 5.10 Å². The van der Waals surface area contributed by atoms with E-state index in [0.717, 1.165) is 29.9 Å². The number of benzene rings is 1. The Hall–Kier alpha value is -1.77. The molecule has 2 rings (SSSR count). The Morgan fingerprint density at radius 1 is 1.16 bits per heavy atom. The zero-order chi connectivity index (χ0) is 14.0. The highest BCUT2D eigenvalue weighted by molar-refractivity contribution is 5.72. The molecule has 0 aliphatic heterocycles. The third-order valence-electron chi connectivity index (χ3n) is 3.22. The minimum atomic E-state index is 0.676. The average Bonchev–Trinajstić information content (AvgIpc) is 2.66. The van der Waals surface area contributed by atoms with Gasteiger partial charge in [-0.25, -0.2) is 0 Å². The molecule has 0 unspecified atom stereocenters. The quantitative estimate of drug-likeness (QED) is 0.905. The Bertz CT molecular complexity index is 547. The molecular weight excluding hydrogens is 234 g/mol. The van der Waals surface area contributed by atoms with Gasteiger partial charge in [-0.05, 0) is 38.3 Å². The predicted octanol–water partition coefficient (Wildman–Crippen LogP) is 3.80. The number of nitrogens with two attached hydrogens (primary N) is 1. The molecule has 0 fully saturated rings. The average molecular weight is 257 g/mol. The standard InChI is InChI=1S/C16H23N3/c1-11(2)5-6-19-10-15(17)16(18-19)14-8-12(3)7-13(4)9-14/h7-11H,5-6,17H2,1-4H3. The second-order valence-corrected chi connectivity index (χ2v) is 5.76. The number of hydrogen-bond donors (Lipinski definition) is 1. The maximum absolute atomic E-state index is 6.10. The van der Waals surface area contributed by atoms with Crippen molar-refractivity contribution < 1.29 is 0 Å². The highest BCUT2D eigenvalue weighted by atomic mass is 15.3. The molecule has 0 aliphatic carbocycles. The van der Waals surface area contributed by atoms with E-state index in [0.29, 0.717) is 5.92 Å². The fourth-order valence-corrected chi connectivity index (χ4v) is 2.28. The summed E-state index contributed by atoms with van der Waals surface area (Å²) in [6.07, 6.45) is 3.06. The van der Waals surface area contributed by atoms with Crippen molar-refractivity contribution in [3.8, 4) is 11.3 Å². The van der Waals surface area contributed by atoms with Crippen LogP contribution in [0.15, 0.2) is 24.4 Å². The summed E-state index contributed by atoms with van der Waals surface area (Å²) in [6.45, 7) is 9.56. The molecule has 3 heteroatoms. The van der Waals surface area contributed by atoms with Crippen LogP contribution in [0.25, 0.3) is 11.3 Å². The third-order valence-corrected chi connectivity index (χ3v) is 3.22. The molecule has 1 heterocycles. The van der Waals surface area contributed by atoms with E-state index in [4.69, 9.17) is 5.73 Å². The van der Waals surface area contributed by atoms with Crippen LogP contribution < -0.4 is 5.73 Å². The van der Waals surface area contributed by atoms with Crippen LogP contribution in [0.3, 0.4) is 0 Å². The number of nitrogens with zero attached hydrogens (tertiary/aromatic N) is 2. The summed E-state index contributed by atoms with van der Waals surface area (Å²) in [6, 6.07) is 6.44. The molecule has 0 saturated carbocycles. The minimum absolute atomic E-state index is 0.676. The van der Waals surface area contributed by atoms with Crippen molar-refractivity contribution in [2.75, 3.05) is 5.73 Å². The molecule has 0 amide bonds. The maximum Gasteiger partial charge on any atom is 0.115 e. The Labute approximate surface area is 115 Å². The largest absolute Gasteiger partial charge is 0.396 e. The van der Waals surface area contributed by atoms with Gasteiger partial charge in [-0.1, -0.05) is 31.0 Å². The molecule has 0 saturated heterocycles. The number of anilines is 1. The predicted molar refractivity (Wildman–Crippen MR) is 81.0 cm³/mol. The van der Waals surface area contributed by atoms with Crippen molar-refractivity contribution in [2.45, 2.75) is 40.7 Å². The fourth-order valence-electron chi connectivity index (χ4n) is 2.28. The van der Waals surface area contributed by atoms with Gasteiger partial charge in [-0.15, -0.1) is 0 Å². The molecule has 0 spiro atoms. The second-order valence-electron chi connectivity index (χ2n) is 5.76. The van der Waals surface area contributed by atoms with Crippen molar-refractivity contribution in [1.29, 1.82) is 0 Å². The summed E-state index contributed by atoms with van der Waals surface area (Å²) in [4.78, 5) is 0. The number of rotatable bonds is 4. The summed E-state index contributed by atoms with van der Waals surface area (Å²) in [5, 5.41) is 4.63. The highest BCUT2D eigenvalue weighted by Crippen LogP contribution is 2.26. The maximum atomic E-state index is 6.10. The zero-order valence-electron chi connectivity index (χ0n) is 12.3. The first kappa shape index (κ1) is 13.7. The molecular formula is C16H23N3. The van der Waals surface area contributed by atoms with Gasteiger partial charge in [0.2, 0.25) is 0 Å². The van der Waals surface area contributed by atoms with Crippen LogP contribution in [-0.2, 0) is 6.54 Å². The molecule has 1 aromatic carbocycles. The lowest BCUT2D eigenvalue weighted by molar-refractivity contribution is 0.488. The van der Waals surface area contributed by atoms with E-state index in [1.54, 1.807) is 0 Å². The third kappa shape index (κ3) is 3.37. The first-order valence-corrected chi connectivity index (χ1v) is 6.87. The van der Waals surface area contributed by atoms with E-state index in [2.05, 4.69) is 51.0 Å². The number of aromatic nitrogens is 2. The summed E-state index contributed by atoms with van der Waals surface area (Å²) >= 11 is 0. The first-order chi connectivity index (χ1) is 8.95. The fraction of sp³-hybridized carbons (Fsp3) is 0.438. The monoisotopic (exact) mass is 257 g/mol. The molecule has 2 N–H and O–H groups in total. The van der Waals surface area contributed by atoms with Crippen molar-refractivity contribution in [3.63, 3.8) is 0 Å². The minimum Gasteiger partial charge on any atom is -0.396 e. The molecule has 19 heavy (non-hydrogen) atoms. The second kappa shape index (κ2) is 5.47. The van der Waals surface area contributed by atoms with Crippen LogP contribution in [0.4, 0.5) is 5.69 Å². The van der Waals surface area contributed by atoms with Gasteiger partial charge in [0.15, 0.2) is 0 Å². The molecule has 0 radical (unpaired) electrons. The van der Waals surface area contributed by atoms with Crippen LogP contribution in [-0.4, -0.2) is 9.78 Å². The van der Waals surface area contributed by atoms with Crippen LogP contribution in [0.5, 0.6) is 0 Å². The number of hydrogen-bond acceptors (Lipinski definition) is 2. The van der Waals surface area contributed by atoms with E-state index in [1.807, 2.05) is 10.9 Å². The van der Waals surface area contributed by atoms with Gasteiger partial charge >= 0.3 is 0 Å². The van der Waals surface area contributed by atoms with Gasteiger partial charge in [0.05, 0.1) is 5.69 Å². The van der Waals surface area contributed by atoms with E-state index in [-0.39, 0.29) is 0 Å². The number of nitrogen functional groups attached to an aromatic ring is 1. The van der Waals surface area contributed by atoms with E-state index in [9.17, 15) is 0 Å². The van der Waals surface area contributed by atoms with Gasteiger partial charge in [0.1, 0.15) is 5.69 Å².